The van der Waals surface area contributed by atoms with E-state index in [4.69, 9.17) is 0 Å². The van der Waals surface area contributed by atoms with Crippen LogP contribution in [0.3, 0.4) is 0 Å². The van der Waals surface area contributed by atoms with Gasteiger partial charge >= 0.3 is 0 Å². The van der Waals surface area contributed by atoms with E-state index in [-0.39, 0.29) is 11.9 Å². The molecule has 2 rings (SSSR count). The molecular weight excluding hydrogens is 233 g/mol. The Morgan fingerprint density at radius 3 is 2.76 bits per heavy atom. The van der Waals surface area contributed by atoms with E-state index in [0.29, 0.717) is 5.56 Å². The van der Waals surface area contributed by atoms with Crippen LogP contribution in [0.2, 0.25) is 0 Å². The summed E-state index contributed by atoms with van der Waals surface area (Å²) >= 11 is 1.69. The molecule has 2 aromatic rings. The second-order valence-electron chi connectivity index (χ2n) is 4.01. The van der Waals surface area contributed by atoms with Gasteiger partial charge in [-0.05, 0) is 42.1 Å². The van der Waals surface area contributed by atoms with Gasteiger partial charge in [0.2, 0.25) is 0 Å². The van der Waals surface area contributed by atoms with Crippen LogP contribution < -0.4 is 5.32 Å². The van der Waals surface area contributed by atoms with Gasteiger partial charge in [0.1, 0.15) is 5.82 Å². The molecule has 1 unspecified atom stereocenters. The fraction of sp³-hybridized carbons (Fsp3) is 0.286. The molecule has 1 N–H and O–H groups in total. The zero-order valence-electron chi connectivity index (χ0n) is 10.0. The second-order valence-corrected chi connectivity index (χ2v) is 4.99. The van der Waals surface area contributed by atoms with Crippen molar-refractivity contribution in [2.75, 3.05) is 6.54 Å². The smallest absolute Gasteiger partial charge is 0.126 e. The number of nitrogens with one attached hydrogen (secondary N) is 1. The third kappa shape index (κ3) is 2.73. The minimum absolute atomic E-state index is 0.0927. The van der Waals surface area contributed by atoms with Crippen molar-refractivity contribution in [3.05, 3.63) is 57.5 Å². The summed E-state index contributed by atoms with van der Waals surface area (Å²) in [6.45, 7) is 4.70. The van der Waals surface area contributed by atoms with E-state index in [9.17, 15) is 4.39 Å². The minimum Gasteiger partial charge on any atom is -0.306 e. The molecule has 0 amide bonds. The predicted molar refractivity (Wildman–Crippen MR) is 71.0 cm³/mol. The summed E-state index contributed by atoms with van der Waals surface area (Å²) in [6, 6.07) is 9.65. The van der Waals surface area contributed by atoms with Crippen molar-refractivity contribution >= 4 is 11.3 Å². The average Bonchev–Trinajstić information content (AvgIpc) is 2.83. The Bertz CT molecular complexity index is 479. The Hall–Kier alpha value is -1.19. The summed E-state index contributed by atoms with van der Waals surface area (Å²) in [7, 11) is 0. The molecule has 1 aromatic heterocycles. The van der Waals surface area contributed by atoms with Crippen molar-refractivity contribution in [2.45, 2.75) is 19.9 Å². The molecule has 3 heteroatoms. The monoisotopic (exact) mass is 249 g/mol. The van der Waals surface area contributed by atoms with Crippen LogP contribution in [0.25, 0.3) is 0 Å². The van der Waals surface area contributed by atoms with Crippen LogP contribution in [0, 0.1) is 12.7 Å². The van der Waals surface area contributed by atoms with Gasteiger partial charge in [-0.2, -0.15) is 0 Å². The van der Waals surface area contributed by atoms with Crippen LogP contribution in [0.4, 0.5) is 4.39 Å². The third-order valence-electron chi connectivity index (χ3n) is 2.77. The van der Waals surface area contributed by atoms with Gasteiger partial charge in [-0.25, -0.2) is 4.39 Å². The molecule has 1 aromatic carbocycles. The molecule has 0 fully saturated rings. The van der Waals surface area contributed by atoms with Crippen molar-refractivity contribution in [1.29, 1.82) is 0 Å². The summed E-state index contributed by atoms with van der Waals surface area (Å²) in [5.74, 6) is -0.137. The minimum atomic E-state index is -0.137. The predicted octanol–water partition coefficient (Wildman–Crippen LogP) is 3.89. The van der Waals surface area contributed by atoms with Gasteiger partial charge in [-0.3, -0.25) is 0 Å². The lowest BCUT2D eigenvalue weighted by Gasteiger charge is -2.17. The van der Waals surface area contributed by atoms with Gasteiger partial charge in [0, 0.05) is 4.88 Å². The van der Waals surface area contributed by atoms with Crippen molar-refractivity contribution in [3.63, 3.8) is 0 Å². The number of hydrogen-bond acceptors (Lipinski definition) is 2. The van der Waals surface area contributed by atoms with Crippen molar-refractivity contribution < 1.29 is 4.39 Å². The average molecular weight is 249 g/mol. The Labute approximate surface area is 105 Å². The van der Waals surface area contributed by atoms with Gasteiger partial charge in [-0.15, -0.1) is 11.3 Å². The number of aryl methyl sites for hydroxylation is 1. The van der Waals surface area contributed by atoms with E-state index in [1.165, 1.54) is 4.88 Å². The summed E-state index contributed by atoms with van der Waals surface area (Å²) < 4.78 is 13.6. The highest BCUT2D eigenvalue weighted by Crippen LogP contribution is 2.26. The molecule has 1 heterocycles. The fourth-order valence-electron chi connectivity index (χ4n) is 1.83. The first-order chi connectivity index (χ1) is 8.22. The lowest BCUT2D eigenvalue weighted by molar-refractivity contribution is 0.600. The Morgan fingerprint density at radius 1 is 1.35 bits per heavy atom. The molecule has 0 aliphatic carbocycles. The van der Waals surface area contributed by atoms with E-state index in [0.717, 1.165) is 12.1 Å². The van der Waals surface area contributed by atoms with Gasteiger partial charge in [-0.1, -0.05) is 25.1 Å². The molecule has 0 aliphatic heterocycles. The number of hydrogen-bond donors (Lipinski definition) is 1. The van der Waals surface area contributed by atoms with E-state index in [1.807, 2.05) is 23.6 Å². The van der Waals surface area contributed by atoms with E-state index < -0.39 is 0 Å². The highest BCUT2D eigenvalue weighted by molar-refractivity contribution is 7.10. The van der Waals surface area contributed by atoms with Gasteiger partial charge < -0.3 is 5.32 Å². The summed E-state index contributed by atoms with van der Waals surface area (Å²) in [5, 5.41) is 5.44. The molecule has 0 aliphatic rings. The first-order valence-electron chi connectivity index (χ1n) is 5.75. The molecule has 1 atom stereocenters. The standard InChI is InChI=1S/C14H16FNS/c1-3-16-14(13-5-4-8-17-13)11-7-6-10(2)12(15)9-11/h4-9,14,16H,3H2,1-2H3. The van der Waals surface area contributed by atoms with Crippen LogP contribution >= 0.6 is 11.3 Å². The topological polar surface area (TPSA) is 12.0 Å². The molecule has 90 valence electrons. The van der Waals surface area contributed by atoms with Crippen LogP contribution in [0.5, 0.6) is 0 Å². The lowest BCUT2D eigenvalue weighted by Crippen LogP contribution is -2.21. The molecule has 0 spiro atoms. The number of thiophene rings is 1. The number of halogens is 1. The van der Waals surface area contributed by atoms with Gasteiger partial charge in [0.05, 0.1) is 6.04 Å². The second kappa shape index (κ2) is 5.43. The summed E-state index contributed by atoms with van der Waals surface area (Å²) in [4.78, 5) is 1.22. The quantitative estimate of drug-likeness (QED) is 0.866. The van der Waals surface area contributed by atoms with Crippen LogP contribution in [0.1, 0.15) is 29.0 Å². The first-order valence-corrected chi connectivity index (χ1v) is 6.63. The van der Waals surface area contributed by atoms with Crippen LogP contribution in [-0.4, -0.2) is 6.54 Å². The van der Waals surface area contributed by atoms with E-state index >= 15 is 0 Å². The zero-order chi connectivity index (χ0) is 12.3. The van der Waals surface area contributed by atoms with E-state index in [2.05, 4.69) is 18.3 Å². The molecule has 1 nitrogen and oxygen atoms in total. The molecule has 17 heavy (non-hydrogen) atoms. The number of benzene rings is 1. The normalized spacial score (nSPS) is 12.6. The lowest BCUT2D eigenvalue weighted by atomic mass is 10.0. The first kappa shape index (κ1) is 12.3. The maximum Gasteiger partial charge on any atom is 0.126 e. The molecule has 0 saturated carbocycles. The molecule has 0 saturated heterocycles. The Balaban J connectivity index is 2.35. The third-order valence-corrected chi connectivity index (χ3v) is 3.70. The zero-order valence-corrected chi connectivity index (χ0v) is 10.9. The molecule has 0 radical (unpaired) electrons. The molecular formula is C14H16FNS. The highest BCUT2D eigenvalue weighted by atomic mass is 32.1. The largest absolute Gasteiger partial charge is 0.306 e. The van der Waals surface area contributed by atoms with Crippen LogP contribution in [-0.2, 0) is 0 Å². The molecule has 0 bridgehead atoms. The highest BCUT2D eigenvalue weighted by Gasteiger charge is 2.14. The van der Waals surface area contributed by atoms with Crippen LogP contribution in [0.15, 0.2) is 35.7 Å². The SMILES string of the molecule is CCNC(c1ccc(C)c(F)c1)c1cccs1. The maximum atomic E-state index is 13.6. The Kier molecular flexibility index (Phi) is 3.92. The Morgan fingerprint density at radius 2 is 2.18 bits per heavy atom. The van der Waals surface area contributed by atoms with Crippen molar-refractivity contribution in [1.82, 2.24) is 5.32 Å². The maximum absolute atomic E-state index is 13.6. The van der Waals surface area contributed by atoms with Gasteiger partial charge in [0.15, 0.2) is 0 Å². The summed E-state index contributed by atoms with van der Waals surface area (Å²) in [5.41, 5.74) is 1.67. The summed E-state index contributed by atoms with van der Waals surface area (Å²) in [6.07, 6.45) is 0. The van der Waals surface area contributed by atoms with Crippen molar-refractivity contribution in [2.24, 2.45) is 0 Å². The van der Waals surface area contributed by atoms with Gasteiger partial charge in [0.25, 0.3) is 0 Å². The fourth-order valence-corrected chi connectivity index (χ4v) is 2.66. The van der Waals surface area contributed by atoms with Crippen molar-refractivity contribution in [3.8, 4) is 0 Å². The van der Waals surface area contributed by atoms with E-state index in [1.54, 1.807) is 24.3 Å². The number of rotatable bonds is 4.